The Balaban J connectivity index is 1.41. The Morgan fingerprint density at radius 2 is 1.81 bits per heavy atom. The first-order valence-electron chi connectivity index (χ1n) is 11.2. The fourth-order valence-corrected chi connectivity index (χ4v) is 4.53. The third kappa shape index (κ3) is 4.67. The highest BCUT2D eigenvalue weighted by Gasteiger charge is 2.44. The van der Waals surface area contributed by atoms with Crippen LogP contribution in [0.15, 0.2) is 66.7 Å². The van der Waals surface area contributed by atoms with Gasteiger partial charge in [0.2, 0.25) is 12.7 Å². The van der Waals surface area contributed by atoms with Gasteiger partial charge in [-0.1, -0.05) is 6.07 Å². The summed E-state index contributed by atoms with van der Waals surface area (Å²) >= 11 is 5.73. The van der Waals surface area contributed by atoms with E-state index in [-0.39, 0.29) is 30.8 Å². The molecule has 0 unspecified atom stereocenters. The van der Waals surface area contributed by atoms with Crippen LogP contribution in [-0.4, -0.2) is 41.8 Å². The lowest BCUT2D eigenvalue weighted by molar-refractivity contribution is -0.124. The number of amides is 2. The Morgan fingerprint density at radius 3 is 2.53 bits per heavy atom. The van der Waals surface area contributed by atoms with E-state index in [9.17, 15) is 14.0 Å². The zero-order chi connectivity index (χ0) is 25.2. The van der Waals surface area contributed by atoms with Crippen LogP contribution < -0.4 is 24.4 Å². The molecular formula is C26H22FN3O5S. The van der Waals surface area contributed by atoms with Crippen LogP contribution in [0, 0.1) is 5.82 Å². The quantitative estimate of drug-likeness (QED) is 0.483. The molecule has 1 atom stereocenters. The number of methoxy groups -OCH3 is 1. The molecule has 10 heteroatoms. The van der Waals surface area contributed by atoms with Crippen LogP contribution >= 0.6 is 12.2 Å². The molecule has 1 fully saturated rings. The van der Waals surface area contributed by atoms with E-state index in [1.165, 1.54) is 29.2 Å². The third-order valence-corrected chi connectivity index (χ3v) is 6.36. The largest absolute Gasteiger partial charge is 0.497 e. The van der Waals surface area contributed by atoms with E-state index >= 15 is 0 Å². The number of rotatable bonds is 7. The fraction of sp³-hybridized carbons (Fsp3) is 0.192. The molecule has 36 heavy (non-hydrogen) atoms. The number of hydrogen-bond donors (Lipinski definition) is 1. The molecule has 0 saturated carbocycles. The van der Waals surface area contributed by atoms with Gasteiger partial charge in [0.05, 0.1) is 19.2 Å². The highest BCUT2D eigenvalue weighted by molar-refractivity contribution is 7.80. The molecule has 2 heterocycles. The van der Waals surface area contributed by atoms with Crippen LogP contribution in [-0.2, 0) is 16.1 Å². The number of nitrogens with zero attached hydrogens (tertiary/aromatic N) is 2. The lowest BCUT2D eigenvalue weighted by Gasteiger charge is -2.24. The molecule has 2 amide bonds. The molecule has 1 saturated heterocycles. The van der Waals surface area contributed by atoms with Crippen molar-refractivity contribution in [3.05, 3.63) is 78.1 Å². The number of hydrogen-bond acceptors (Lipinski definition) is 6. The Labute approximate surface area is 212 Å². The average Bonchev–Trinajstić information content (AvgIpc) is 3.43. The summed E-state index contributed by atoms with van der Waals surface area (Å²) in [6.45, 7) is 0.430. The minimum absolute atomic E-state index is 0.145. The number of halogens is 1. The van der Waals surface area contributed by atoms with Gasteiger partial charge in [0.25, 0.3) is 5.91 Å². The summed E-state index contributed by atoms with van der Waals surface area (Å²) in [6.07, 6.45) is -0.145. The van der Waals surface area contributed by atoms with Crippen molar-refractivity contribution in [3.63, 3.8) is 0 Å². The second kappa shape index (κ2) is 9.82. The van der Waals surface area contributed by atoms with Crippen molar-refractivity contribution < 1.29 is 28.2 Å². The molecule has 184 valence electrons. The first-order valence-corrected chi connectivity index (χ1v) is 11.6. The van der Waals surface area contributed by atoms with Gasteiger partial charge < -0.3 is 24.4 Å². The van der Waals surface area contributed by atoms with Crippen molar-refractivity contribution in [1.29, 1.82) is 0 Å². The van der Waals surface area contributed by atoms with Gasteiger partial charge >= 0.3 is 0 Å². The van der Waals surface area contributed by atoms with Gasteiger partial charge in [-0.3, -0.25) is 14.5 Å². The lowest BCUT2D eigenvalue weighted by Crippen LogP contribution is -2.37. The molecular weight excluding hydrogens is 485 g/mol. The SMILES string of the molecule is COc1ccc(N2C(=O)[C@H](CC(=O)Nc3ccc(F)cc3)N(Cc3ccc4c(c3)OCO4)C2=S)cc1. The molecule has 0 aliphatic carbocycles. The van der Waals surface area contributed by atoms with Gasteiger partial charge in [-0.05, 0) is 78.4 Å². The van der Waals surface area contributed by atoms with Gasteiger partial charge in [0.1, 0.15) is 17.6 Å². The topological polar surface area (TPSA) is 80.3 Å². The number of nitrogens with one attached hydrogen (secondary N) is 1. The van der Waals surface area contributed by atoms with Crippen molar-refractivity contribution in [2.24, 2.45) is 0 Å². The van der Waals surface area contributed by atoms with E-state index in [0.29, 0.717) is 28.6 Å². The molecule has 3 aromatic rings. The second-order valence-electron chi connectivity index (χ2n) is 8.24. The van der Waals surface area contributed by atoms with Crippen LogP contribution in [0.2, 0.25) is 0 Å². The summed E-state index contributed by atoms with van der Waals surface area (Å²) in [4.78, 5) is 29.6. The highest BCUT2D eigenvalue weighted by Crippen LogP contribution is 2.35. The van der Waals surface area contributed by atoms with Gasteiger partial charge in [0.15, 0.2) is 16.6 Å². The van der Waals surface area contributed by atoms with Crippen LogP contribution in [0.25, 0.3) is 0 Å². The Hall–Kier alpha value is -4.18. The molecule has 2 aliphatic rings. The second-order valence-corrected chi connectivity index (χ2v) is 8.61. The minimum Gasteiger partial charge on any atom is -0.497 e. The van der Waals surface area contributed by atoms with E-state index in [1.807, 2.05) is 12.1 Å². The Kier molecular flexibility index (Phi) is 6.43. The van der Waals surface area contributed by atoms with Crippen molar-refractivity contribution in [2.45, 2.75) is 19.0 Å². The number of carbonyl (C=O) groups excluding carboxylic acids is 2. The first kappa shape index (κ1) is 23.6. The van der Waals surface area contributed by atoms with Crippen LogP contribution in [0.4, 0.5) is 15.8 Å². The normalized spacial score (nSPS) is 16.4. The number of thiocarbonyl (C=S) groups is 1. The summed E-state index contributed by atoms with van der Waals surface area (Å²) in [5.74, 6) is 0.781. The van der Waals surface area contributed by atoms with Crippen molar-refractivity contribution in [2.75, 3.05) is 24.1 Å². The molecule has 8 nitrogen and oxygen atoms in total. The van der Waals surface area contributed by atoms with E-state index < -0.39 is 17.8 Å². The molecule has 0 bridgehead atoms. The third-order valence-electron chi connectivity index (χ3n) is 5.95. The number of carbonyl (C=O) groups is 2. The van der Waals surface area contributed by atoms with Crippen LogP contribution in [0.1, 0.15) is 12.0 Å². The van der Waals surface area contributed by atoms with E-state index in [0.717, 1.165) is 5.56 Å². The lowest BCUT2D eigenvalue weighted by atomic mass is 10.1. The monoisotopic (exact) mass is 507 g/mol. The molecule has 2 aliphatic heterocycles. The molecule has 0 radical (unpaired) electrons. The van der Waals surface area contributed by atoms with Crippen LogP contribution in [0.5, 0.6) is 17.2 Å². The number of anilines is 2. The van der Waals surface area contributed by atoms with Crippen molar-refractivity contribution in [1.82, 2.24) is 4.90 Å². The fourth-order valence-electron chi connectivity index (χ4n) is 4.14. The number of ether oxygens (including phenoxy) is 3. The zero-order valence-electron chi connectivity index (χ0n) is 19.3. The predicted octanol–water partition coefficient (Wildman–Crippen LogP) is 4.09. The summed E-state index contributed by atoms with van der Waals surface area (Å²) < 4.78 is 29.3. The van der Waals surface area contributed by atoms with Crippen molar-refractivity contribution >= 4 is 40.5 Å². The number of benzene rings is 3. The zero-order valence-corrected chi connectivity index (χ0v) is 20.1. The minimum atomic E-state index is -0.842. The van der Waals surface area contributed by atoms with Gasteiger partial charge in [-0.25, -0.2) is 4.39 Å². The van der Waals surface area contributed by atoms with Gasteiger partial charge in [-0.2, -0.15) is 0 Å². The first-order chi connectivity index (χ1) is 17.4. The van der Waals surface area contributed by atoms with Crippen LogP contribution in [0.3, 0.4) is 0 Å². The average molecular weight is 508 g/mol. The maximum Gasteiger partial charge on any atom is 0.256 e. The van der Waals surface area contributed by atoms with Crippen molar-refractivity contribution in [3.8, 4) is 17.2 Å². The predicted molar refractivity (Wildman–Crippen MR) is 135 cm³/mol. The molecule has 1 N–H and O–H groups in total. The van der Waals surface area contributed by atoms with Gasteiger partial charge in [0, 0.05) is 12.2 Å². The van der Waals surface area contributed by atoms with Gasteiger partial charge in [-0.15, -0.1) is 0 Å². The molecule has 0 spiro atoms. The molecule has 3 aromatic carbocycles. The van der Waals surface area contributed by atoms with E-state index in [1.54, 1.807) is 42.3 Å². The summed E-state index contributed by atoms with van der Waals surface area (Å²) in [5, 5.41) is 3.00. The van der Waals surface area contributed by atoms with E-state index in [4.69, 9.17) is 26.4 Å². The summed E-state index contributed by atoms with van der Waals surface area (Å²) in [6, 6.07) is 17.0. The molecule has 0 aromatic heterocycles. The maximum atomic E-state index is 13.6. The standard InChI is InChI=1S/C26H22FN3O5S/c1-33-20-9-7-19(8-10-20)30-25(32)21(13-24(31)28-18-5-3-17(27)4-6-18)29(26(30)36)14-16-2-11-22-23(12-16)35-15-34-22/h2-12,21H,13-15H2,1H3,(H,28,31)/t21-/m0/s1. The summed E-state index contributed by atoms with van der Waals surface area (Å²) in [7, 11) is 1.56. The Bertz CT molecular complexity index is 1320. The summed E-state index contributed by atoms with van der Waals surface area (Å²) in [5.41, 5.74) is 1.85. The smallest absolute Gasteiger partial charge is 0.256 e. The highest BCUT2D eigenvalue weighted by atomic mass is 32.1. The molecule has 5 rings (SSSR count). The number of fused-ring (bicyclic) bond motifs is 1. The maximum absolute atomic E-state index is 13.6. The Morgan fingerprint density at radius 1 is 1.08 bits per heavy atom. The van der Waals surface area contributed by atoms with E-state index in [2.05, 4.69) is 5.32 Å².